The van der Waals surface area contributed by atoms with Crippen molar-refractivity contribution in [3.8, 4) is 0 Å². The van der Waals surface area contributed by atoms with Crippen molar-refractivity contribution in [1.82, 2.24) is 15.5 Å². The number of Topliss-reactive ketones (excluding diaryl/α,β-unsaturated/α-hetero) is 1. The van der Waals surface area contributed by atoms with Crippen molar-refractivity contribution in [3.05, 3.63) is 58.5 Å². The van der Waals surface area contributed by atoms with Crippen LogP contribution in [0.4, 0.5) is 13.2 Å². The molecule has 39 heavy (non-hydrogen) atoms. The number of nitrogens with zero attached hydrogens (tertiary/aromatic N) is 2. The van der Waals surface area contributed by atoms with Crippen LogP contribution < -0.4 is 10.6 Å². The molecule has 0 aliphatic heterocycles. The lowest BCUT2D eigenvalue weighted by Gasteiger charge is -2.30. The van der Waals surface area contributed by atoms with Gasteiger partial charge in [0.05, 0.1) is 19.0 Å². The second kappa shape index (κ2) is 14.9. The van der Waals surface area contributed by atoms with Gasteiger partial charge >= 0.3 is 6.36 Å². The number of aliphatic imine (C=N–C) groups is 1. The monoisotopic (exact) mass is 572 g/mol. The van der Waals surface area contributed by atoms with Gasteiger partial charge < -0.3 is 25.0 Å². The summed E-state index contributed by atoms with van der Waals surface area (Å²) in [7, 11) is 5.03. The Hall–Kier alpha value is -3.05. The van der Waals surface area contributed by atoms with Crippen LogP contribution in [-0.4, -0.2) is 69.2 Å². The van der Waals surface area contributed by atoms with Crippen LogP contribution in [-0.2, 0) is 25.5 Å². The van der Waals surface area contributed by atoms with Gasteiger partial charge in [-0.2, -0.15) is 0 Å². The topological polar surface area (TPSA) is 92.3 Å². The van der Waals surface area contributed by atoms with Crippen molar-refractivity contribution in [2.24, 2.45) is 16.8 Å². The molecule has 2 N–H and O–H groups in total. The molecule has 0 saturated heterocycles. The van der Waals surface area contributed by atoms with E-state index in [9.17, 15) is 22.8 Å². The number of rotatable bonds is 13. The lowest BCUT2D eigenvalue weighted by molar-refractivity contribution is -0.306. The van der Waals surface area contributed by atoms with Crippen LogP contribution in [0.2, 0.25) is 5.02 Å². The first-order valence-corrected chi connectivity index (χ1v) is 12.9. The molecule has 1 aromatic carbocycles. The maximum Gasteiger partial charge on any atom is 0.572 e. The molecule has 0 bridgehead atoms. The number of carbonyl (C=O) groups excluding carboxylic acids is 2. The Morgan fingerprint density at radius 2 is 1.85 bits per heavy atom. The summed E-state index contributed by atoms with van der Waals surface area (Å²) in [5.41, 5.74) is 0.969. The van der Waals surface area contributed by atoms with Crippen LogP contribution in [0.5, 0.6) is 0 Å². The first-order valence-electron chi connectivity index (χ1n) is 12.5. The van der Waals surface area contributed by atoms with Crippen LogP contribution in [0.25, 0.3) is 0 Å². The molecule has 1 amide bonds. The van der Waals surface area contributed by atoms with Gasteiger partial charge in [-0.1, -0.05) is 30.7 Å². The number of halogens is 4. The molecule has 0 saturated carbocycles. The zero-order chi connectivity index (χ0) is 29.2. The van der Waals surface area contributed by atoms with Gasteiger partial charge in [0.1, 0.15) is 17.4 Å². The van der Waals surface area contributed by atoms with Gasteiger partial charge in [-0.25, -0.2) is 0 Å². The molecular weight excluding hydrogens is 537 g/mol. The molecule has 3 atom stereocenters. The number of hydrogen-bond acceptors (Lipinski definition) is 6. The van der Waals surface area contributed by atoms with E-state index >= 15 is 0 Å². The SMILES string of the molecule is CN=C(NC(OC1=CCCC(OC(F)(F)F)=C1)C(C)Cc1ccc(Cl)cc1)C(C)C(=O)NCC(=O)CN(C)C. The summed E-state index contributed by atoms with van der Waals surface area (Å²) in [6.45, 7) is 3.62. The van der Waals surface area contributed by atoms with E-state index in [1.807, 2.05) is 19.1 Å². The second-order valence-electron chi connectivity index (χ2n) is 9.62. The highest BCUT2D eigenvalue weighted by Crippen LogP contribution is 2.28. The fourth-order valence-electron chi connectivity index (χ4n) is 3.89. The number of amidine groups is 1. The van der Waals surface area contributed by atoms with Crippen molar-refractivity contribution in [3.63, 3.8) is 0 Å². The van der Waals surface area contributed by atoms with E-state index < -0.39 is 24.4 Å². The van der Waals surface area contributed by atoms with E-state index in [0.717, 1.165) is 5.56 Å². The number of ether oxygens (including phenoxy) is 2. The summed E-state index contributed by atoms with van der Waals surface area (Å²) in [5, 5.41) is 6.38. The Morgan fingerprint density at radius 3 is 2.44 bits per heavy atom. The fraction of sp³-hybridized carbons (Fsp3) is 0.519. The third-order valence-electron chi connectivity index (χ3n) is 5.82. The predicted molar refractivity (Wildman–Crippen MR) is 144 cm³/mol. The van der Waals surface area contributed by atoms with E-state index in [2.05, 4.69) is 20.4 Å². The summed E-state index contributed by atoms with van der Waals surface area (Å²) in [6, 6.07) is 7.28. The highest BCUT2D eigenvalue weighted by molar-refractivity contribution is 6.30. The van der Waals surface area contributed by atoms with Gasteiger partial charge in [-0.15, -0.1) is 13.2 Å². The first kappa shape index (κ1) is 32.2. The zero-order valence-corrected chi connectivity index (χ0v) is 23.5. The number of alkyl halides is 3. The van der Waals surface area contributed by atoms with Crippen molar-refractivity contribution >= 4 is 29.1 Å². The Labute approximate surface area is 232 Å². The Kier molecular flexibility index (Phi) is 12.3. The largest absolute Gasteiger partial charge is 0.572 e. The standard InChI is InChI=1S/C27H36ClF3N4O4/c1-17(13-19-9-11-20(28)12-10-19)26(38-22-7-6-8-23(14-22)39-27(29,30)31)34-24(32-3)18(2)25(37)33-15-21(36)16-35(4)5/h7,9-12,14,17-18,26H,6,8,13,15-16H2,1-5H3,(H,32,34)(H,33,37). The van der Waals surface area contributed by atoms with Crippen LogP contribution >= 0.6 is 11.6 Å². The predicted octanol–water partition coefficient (Wildman–Crippen LogP) is 4.46. The number of hydrogen-bond donors (Lipinski definition) is 2. The van der Waals surface area contributed by atoms with E-state index in [1.165, 1.54) is 13.1 Å². The van der Waals surface area contributed by atoms with E-state index in [4.69, 9.17) is 16.3 Å². The van der Waals surface area contributed by atoms with Crippen molar-refractivity contribution < 1.29 is 32.2 Å². The fourth-order valence-corrected chi connectivity index (χ4v) is 4.02. The van der Waals surface area contributed by atoms with Gasteiger partial charge in [0.2, 0.25) is 5.91 Å². The lowest BCUT2D eigenvalue weighted by Crippen LogP contribution is -2.48. The second-order valence-corrected chi connectivity index (χ2v) is 10.1. The van der Waals surface area contributed by atoms with Gasteiger partial charge in [-0.3, -0.25) is 14.6 Å². The van der Waals surface area contributed by atoms with E-state index in [1.54, 1.807) is 44.1 Å². The van der Waals surface area contributed by atoms with Gasteiger partial charge in [0, 0.05) is 30.5 Å². The smallest absolute Gasteiger partial charge is 0.471 e. The van der Waals surface area contributed by atoms with Crippen molar-refractivity contribution in [2.75, 3.05) is 34.2 Å². The summed E-state index contributed by atoms with van der Waals surface area (Å²) < 4.78 is 48.5. The number of likely N-dealkylation sites (N-methyl/N-ethyl adjacent to an activating group) is 1. The molecule has 0 heterocycles. The van der Waals surface area contributed by atoms with Crippen LogP contribution in [0.1, 0.15) is 32.3 Å². The maximum absolute atomic E-state index is 12.8. The number of ketones is 1. The summed E-state index contributed by atoms with van der Waals surface area (Å²) in [5.74, 6) is -1.26. The van der Waals surface area contributed by atoms with Gasteiger partial charge in [0.15, 0.2) is 12.0 Å². The highest BCUT2D eigenvalue weighted by atomic mass is 35.5. The number of nitrogens with one attached hydrogen (secondary N) is 2. The number of carbonyl (C=O) groups is 2. The molecule has 8 nitrogen and oxygen atoms in total. The minimum atomic E-state index is -4.80. The zero-order valence-electron chi connectivity index (χ0n) is 22.8. The molecule has 0 fully saturated rings. The molecule has 12 heteroatoms. The molecule has 216 valence electrons. The quantitative estimate of drug-likeness (QED) is 0.206. The van der Waals surface area contributed by atoms with Crippen LogP contribution in [0.15, 0.2) is 52.9 Å². The highest BCUT2D eigenvalue weighted by Gasteiger charge is 2.33. The number of benzene rings is 1. The number of amides is 1. The summed E-state index contributed by atoms with van der Waals surface area (Å²) >= 11 is 6.00. The van der Waals surface area contributed by atoms with Gasteiger partial charge in [-0.05, 0) is 57.6 Å². The molecule has 1 aliphatic carbocycles. The summed E-state index contributed by atoms with van der Waals surface area (Å²) in [4.78, 5) is 30.7. The molecule has 3 unspecified atom stereocenters. The average molecular weight is 573 g/mol. The molecule has 1 aliphatic rings. The van der Waals surface area contributed by atoms with Crippen molar-refractivity contribution in [2.45, 2.75) is 45.7 Å². The van der Waals surface area contributed by atoms with Crippen LogP contribution in [0.3, 0.4) is 0 Å². The molecule has 1 aromatic rings. The number of allylic oxidation sites excluding steroid dienone is 3. The molecular formula is C27H36ClF3N4O4. The minimum absolute atomic E-state index is 0.0935. The third-order valence-corrected chi connectivity index (χ3v) is 6.08. The molecule has 2 rings (SSSR count). The molecule has 0 radical (unpaired) electrons. The first-order chi connectivity index (χ1) is 18.3. The minimum Gasteiger partial charge on any atom is -0.471 e. The van der Waals surface area contributed by atoms with Gasteiger partial charge in [0.25, 0.3) is 0 Å². The summed E-state index contributed by atoms with van der Waals surface area (Å²) in [6.07, 6.45) is -1.73. The van der Waals surface area contributed by atoms with Crippen LogP contribution in [0, 0.1) is 11.8 Å². The average Bonchev–Trinajstić information content (AvgIpc) is 2.84. The molecule has 0 aromatic heterocycles. The maximum atomic E-state index is 12.8. The third kappa shape index (κ3) is 11.7. The van der Waals surface area contributed by atoms with Crippen molar-refractivity contribution in [1.29, 1.82) is 0 Å². The van der Waals surface area contributed by atoms with E-state index in [0.29, 0.717) is 23.7 Å². The Morgan fingerprint density at radius 1 is 1.18 bits per heavy atom. The Bertz CT molecular complexity index is 1070. The normalized spacial score (nSPS) is 16.5. The Balaban J connectivity index is 2.19. The molecule has 0 spiro atoms. The van der Waals surface area contributed by atoms with E-state index in [-0.39, 0.29) is 42.7 Å². The lowest BCUT2D eigenvalue weighted by atomic mass is 9.98.